The molecule has 0 aromatic rings. The second-order valence-corrected chi connectivity index (χ2v) is 1.24. The van der Waals surface area contributed by atoms with Crippen LogP contribution in [0.2, 0.25) is 0 Å². The Balaban J connectivity index is 2.99. The second-order valence-electron chi connectivity index (χ2n) is 1.24. The first-order valence-corrected chi connectivity index (χ1v) is 2.36. The molecular formula is C4H9NO3. The normalized spacial score (nSPS) is 8.75. The van der Waals surface area contributed by atoms with E-state index in [2.05, 4.69) is 10.2 Å². The Morgan fingerprint density at radius 1 is 1.88 bits per heavy atom. The van der Waals surface area contributed by atoms with E-state index in [0.717, 1.165) is 0 Å². The van der Waals surface area contributed by atoms with Crippen molar-refractivity contribution in [3.05, 3.63) is 0 Å². The molecule has 4 nitrogen and oxygen atoms in total. The molecule has 0 aliphatic carbocycles. The lowest BCUT2D eigenvalue weighted by molar-refractivity contribution is -0.233. The highest BCUT2D eigenvalue weighted by Gasteiger charge is 1.96. The molecule has 0 saturated carbocycles. The maximum absolute atomic E-state index is 10.0. The van der Waals surface area contributed by atoms with Crippen molar-refractivity contribution < 1.29 is 14.9 Å². The lowest BCUT2D eigenvalue weighted by atomic mass is 10.6. The summed E-state index contributed by atoms with van der Waals surface area (Å²) in [5.41, 5.74) is 0. The van der Waals surface area contributed by atoms with Crippen molar-refractivity contribution in [3.63, 3.8) is 0 Å². The van der Waals surface area contributed by atoms with E-state index in [0.29, 0.717) is 6.54 Å². The van der Waals surface area contributed by atoms with Crippen molar-refractivity contribution in [1.82, 2.24) is 5.32 Å². The van der Waals surface area contributed by atoms with Crippen molar-refractivity contribution in [3.8, 4) is 0 Å². The predicted octanol–water partition coefficient (Wildman–Crippen LogP) is -0.388. The molecule has 48 valence electrons. The molecule has 4 heteroatoms. The molecule has 0 saturated heterocycles. The fraction of sp³-hybridized carbons (Fsp3) is 0.750. The van der Waals surface area contributed by atoms with Crippen molar-refractivity contribution in [2.24, 2.45) is 0 Å². The minimum Gasteiger partial charge on any atom is -0.307 e. The van der Waals surface area contributed by atoms with Gasteiger partial charge in [0.15, 0.2) is 0 Å². The molecule has 0 aliphatic heterocycles. The summed E-state index contributed by atoms with van der Waals surface area (Å²) in [5.74, 6) is -0.660. The summed E-state index contributed by atoms with van der Waals surface area (Å²) in [6, 6.07) is 0. The fourth-order valence-corrected chi connectivity index (χ4v) is 0.259. The Kier molecular flexibility index (Phi) is 4.20. The third-order valence-corrected chi connectivity index (χ3v) is 0.621. The summed E-state index contributed by atoms with van der Waals surface area (Å²) in [6.07, 6.45) is 0. The number of hydrogen-bond acceptors (Lipinski definition) is 4. The maximum Gasteiger partial charge on any atom is 0.355 e. The van der Waals surface area contributed by atoms with E-state index in [4.69, 9.17) is 5.26 Å². The highest BCUT2D eigenvalue weighted by atomic mass is 17.1. The van der Waals surface area contributed by atoms with E-state index in [9.17, 15) is 4.79 Å². The molecule has 2 N–H and O–H groups in total. The zero-order valence-corrected chi connectivity index (χ0v) is 4.68. The number of rotatable bonds is 3. The number of hydrogen-bond donors (Lipinski definition) is 2. The van der Waals surface area contributed by atoms with Gasteiger partial charge in [-0.1, -0.05) is 6.92 Å². The maximum atomic E-state index is 10.0. The Morgan fingerprint density at radius 3 is 2.88 bits per heavy atom. The van der Waals surface area contributed by atoms with Gasteiger partial charge in [-0.25, -0.2) is 4.79 Å². The topological polar surface area (TPSA) is 58.6 Å². The Labute approximate surface area is 47.4 Å². The van der Waals surface area contributed by atoms with Crippen LogP contribution in [0, 0.1) is 0 Å². The Bertz CT molecular complexity index is 73.7. The zero-order valence-electron chi connectivity index (χ0n) is 4.68. The van der Waals surface area contributed by atoms with E-state index in [1.807, 2.05) is 6.92 Å². The molecule has 0 aliphatic rings. The van der Waals surface area contributed by atoms with Gasteiger partial charge >= 0.3 is 5.97 Å². The summed E-state index contributed by atoms with van der Waals surface area (Å²) in [6.45, 7) is 2.60. The van der Waals surface area contributed by atoms with Crippen LogP contribution in [0.15, 0.2) is 0 Å². The second kappa shape index (κ2) is 4.55. The van der Waals surface area contributed by atoms with E-state index in [1.165, 1.54) is 0 Å². The van der Waals surface area contributed by atoms with Gasteiger partial charge in [0.25, 0.3) is 0 Å². The van der Waals surface area contributed by atoms with Gasteiger partial charge in [-0.2, -0.15) is 5.26 Å². The molecule has 0 amide bonds. The van der Waals surface area contributed by atoms with Crippen molar-refractivity contribution in [1.29, 1.82) is 0 Å². The van der Waals surface area contributed by atoms with Crippen LogP contribution in [0.3, 0.4) is 0 Å². The molecule has 0 atom stereocenters. The molecule has 0 unspecified atom stereocenters. The van der Waals surface area contributed by atoms with E-state index in [1.54, 1.807) is 0 Å². The molecular weight excluding hydrogens is 110 g/mol. The molecule has 0 aromatic carbocycles. The van der Waals surface area contributed by atoms with E-state index < -0.39 is 5.97 Å². The third kappa shape index (κ3) is 3.58. The summed E-state index contributed by atoms with van der Waals surface area (Å²) < 4.78 is 0. The lowest BCUT2D eigenvalue weighted by Crippen LogP contribution is -2.23. The summed E-state index contributed by atoms with van der Waals surface area (Å²) in [5, 5.41) is 10.3. The van der Waals surface area contributed by atoms with Crippen LogP contribution in [-0.2, 0) is 9.68 Å². The van der Waals surface area contributed by atoms with Crippen LogP contribution in [0.5, 0.6) is 0 Å². The van der Waals surface area contributed by atoms with Crippen LogP contribution in [0.4, 0.5) is 0 Å². The van der Waals surface area contributed by atoms with Crippen LogP contribution >= 0.6 is 0 Å². The molecule has 0 bridgehead atoms. The minimum absolute atomic E-state index is 0.0625. The largest absolute Gasteiger partial charge is 0.355 e. The van der Waals surface area contributed by atoms with Gasteiger partial charge < -0.3 is 5.32 Å². The molecule has 8 heavy (non-hydrogen) atoms. The quantitative estimate of drug-likeness (QED) is 0.392. The van der Waals surface area contributed by atoms with Gasteiger partial charge in [0.1, 0.15) is 0 Å². The molecule has 0 spiro atoms. The van der Waals surface area contributed by atoms with Gasteiger partial charge in [0.05, 0.1) is 6.54 Å². The summed E-state index contributed by atoms with van der Waals surface area (Å²) >= 11 is 0. The summed E-state index contributed by atoms with van der Waals surface area (Å²) in [4.78, 5) is 13.4. The third-order valence-electron chi connectivity index (χ3n) is 0.621. The Hall–Kier alpha value is -0.610. The zero-order chi connectivity index (χ0) is 6.41. The van der Waals surface area contributed by atoms with Crippen LogP contribution < -0.4 is 5.32 Å². The molecule has 0 radical (unpaired) electrons. The van der Waals surface area contributed by atoms with Crippen molar-refractivity contribution in [2.45, 2.75) is 6.92 Å². The SMILES string of the molecule is CCNCC(=O)OO. The van der Waals surface area contributed by atoms with Crippen LogP contribution in [0.25, 0.3) is 0 Å². The van der Waals surface area contributed by atoms with Gasteiger partial charge in [-0.3, -0.25) is 4.89 Å². The molecule has 0 rings (SSSR count). The number of likely N-dealkylation sites (N-methyl/N-ethyl adjacent to an activating group) is 1. The van der Waals surface area contributed by atoms with E-state index >= 15 is 0 Å². The predicted molar refractivity (Wildman–Crippen MR) is 27.3 cm³/mol. The summed E-state index contributed by atoms with van der Waals surface area (Å²) in [7, 11) is 0. The van der Waals surface area contributed by atoms with Crippen LogP contribution in [-0.4, -0.2) is 24.3 Å². The average molecular weight is 119 g/mol. The molecule has 0 aromatic heterocycles. The van der Waals surface area contributed by atoms with Gasteiger partial charge in [0, 0.05) is 0 Å². The monoisotopic (exact) mass is 119 g/mol. The first-order chi connectivity index (χ1) is 3.81. The smallest absolute Gasteiger partial charge is 0.307 e. The van der Waals surface area contributed by atoms with Gasteiger partial charge in [-0.15, -0.1) is 0 Å². The highest BCUT2D eigenvalue weighted by Crippen LogP contribution is 1.66. The van der Waals surface area contributed by atoms with E-state index in [-0.39, 0.29) is 6.54 Å². The van der Waals surface area contributed by atoms with Gasteiger partial charge in [0.2, 0.25) is 0 Å². The first-order valence-electron chi connectivity index (χ1n) is 2.36. The van der Waals surface area contributed by atoms with Crippen molar-refractivity contribution in [2.75, 3.05) is 13.1 Å². The first kappa shape index (κ1) is 7.39. The Morgan fingerprint density at radius 2 is 2.50 bits per heavy atom. The fourth-order valence-electron chi connectivity index (χ4n) is 0.259. The standard InChI is InChI=1S/C4H9NO3/c1-2-5-3-4(6)8-7/h5,7H,2-3H2,1H3. The minimum atomic E-state index is -0.660. The molecule has 0 heterocycles. The lowest BCUT2D eigenvalue weighted by Gasteiger charge is -1.94. The highest BCUT2D eigenvalue weighted by molar-refractivity contribution is 5.70. The number of carbonyl (C=O) groups is 1. The van der Waals surface area contributed by atoms with Crippen LogP contribution in [0.1, 0.15) is 6.92 Å². The number of carbonyl (C=O) groups excluding carboxylic acids is 1. The van der Waals surface area contributed by atoms with Crippen molar-refractivity contribution >= 4 is 5.97 Å². The molecule has 0 fully saturated rings. The number of nitrogens with one attached hydrogen (secondary N) is 1. The average Bonchev–Trinajstić information content (AvgIpc) is 1.83. The van der Waals surface area contributed by atoms with Gasteiger partial charge in [-0.05, 0) is 6.54 Å².